The maximum Gasteiger partial charge on any atom is 0.371 e. The van der Waals surface area contributed by atoms with Crippen LogP contribution < -0.4 is 4.72 Å². The monoisotopic (exact) mass is 300 g/mol. The number of carboxylic acid groups (broad SMARTS) is 1. The highest BCUT2D eigenvalue weighted by atomic mass is 32.2. The average Bonchev–Trinajstić information content (AvgIpc) is 2.75. The van der Waals surface area contributed by atoms with Gasteiger partial charge in [-0.2, -0.15) is 0 Å². The second-order valence-corrected chi connectivity index (χ2v) is 5.45. The predicted molar refractivity (Wildman–Crippen MR) is 65.4 cm³/mol. The molecular formula is C11H9FN2O5S. The molecule has 106 valence electrons. The maximum atomic E-state index is 12.7. The highest BCUT2D eigenvalue weighted by Crippen LogP contribution is 2.22. The molecule has 2 aromatic heterocycles. The number of nitrogens with one attached hydrogen (secondary N) is 1. The first-order valence-corrected chi connectivity index (χ1v) is 6.76. The fourth-order valence-corrected chi connectivity index (χ4v) is 2.65. The van der Waals surface area contributed by atoms with E-state index >= 15 is 0 Å². The van der Waals surface area contributed by atoms with Crippen molar-refractivity contribution in [2.45, 2.75) is 11.8 Å². The number of nitrogens with zero attached hydrogens (tertiary/aromatic N) is 1. The van der Waals surface area contributed by atoms with Gasteiger partial charge in [0.25, 0.3) is 10.0 Å². The van der Waals surface area contributed by atoms with E-state index in [2.05, 4.69) is 9.71 Å². The Hall–Kier alpha value is -2.42. The Morgan fingerprint density at radius 3 is 2.65 bits per heavy atom. The van der Waals surface area contributed by atoms with Gasteiger partial charge in [0.1, 0.15) is 22.3 Å². The minimum atomic E-state index is -4.06. The topological polar surface area (TPSA) is 109 Å². The Labute approximate surface area is 113 Å². The van der Waals surface area contributed by atoms with Crippen molar-refractivity contribution in [2.24, 2.45) is 0 Å². The summed E-state index contributed by atoms with van der Waals surface area (Å²) in [6.07, 6.45) is 0.850. The van der Waals surface area contributed by atoms with Gasteiger partial charge in [-0.25, -0.2) is 22.6 Å². The fourth-order valence-electron chi connectivity index (χ4n) is 1.47. The molecule has 20 heavy (non-hydrogen) atoms. The van der Waals surface area contributed by atoms with Crippen LogP contribution in [-0.4, -0.2) is 24.5 Å². The van der Waals surface area contributed by atoms with E-state index in [1.165, 1.54) is 6.92 Å². The third-order valence-corrected chi connectivity index (χ3v) is 3.80. The van der Waals surface area contributed by atoms with Crippen LogP contribution in [0.1, 0.15) is 16.3 Å². The van der Waals surface area contributed by atoms with Gasteiger partial charge in [0.15, 0.2) is 0 Å². The van der Waals surface area contributed by atoms with Crippen LogP contribution in [0.4, 0.5) is 10.2 Å². The molecule has 0 amide bonds. The van der Waals surface area contributed by atoms with E-state index < -0.39 is 27.6 Å². The van der Waals surface area contributed by atoms with Crippen molar-refractivity contribution in [2.75, 3.05) is 4.72 Å². The van der Waals surface area contributed by atoms with E-state index in [0.717, 1.165) is 24.4 Å². The molecule has 0 aliphatic carbocycles. The molecule has 9 heteroatoms. The van der Waals surface area contributed by atoms with Crippen LogP contribution in [0.25, 0.3) is 0 Å². The first-order valence-electron chi connectivity index (χ1n) is 5.28. The van der Waals surface area contributed by atoms with Crippen molar-refractivity contribution in [1.29, 1.82) is 0 Å². The molecule has 0 atom stereocenters. The number of rotatable bonds is 4. The molecule has 0 aromatic carbocycles. The van der Waals surface area contributed by atoms with Gasteiger partial charge in [0.2, 0.25) is 5.76 Å². The Balaban J connectivity index is 2.35. The van der Waals surface area contributed by atoms with Crippen LogP contribution in [0.3, 0.4) is 0 Å². The zero-order valence-corrected chi connectivity index (χ0v) is 10.9. The molecule has 0 aliphatic rings. The van der Waals surface area contributed by atoms with Crippen LogP contribution >= 0.6 is 0 Å². The second kappa shape index (κ2) is 4.93. The van der Waals surface area contributed by atoms with Gasteiger partial charge in [-0.1, -0.05) is 0 Å². The van der Waals surface area contributed by atoms with E-state index in [0.29, 0.717) is 0 Å². The summed E-state index contributed by atoms with van der Waals surface area (Å²) in [5.41, 5.74) is 0. The summed E-state index contributed by atoms with van der Waals surface area (Å²) in [6, 6.07) is 3.07. The normalized spacial score (nSPS) is 11.3. The summed E-state index contributed by atoms with van der Waals surface area (Å²) in [4.78, 5) is 14.0. The van der Waals surface area contributed by atoms with E-state index in [-0.39, 0.29) is 16.5 Å². The largest absolute Gasteiger partial charge is 0.475 e. The molecule has 2 heterocycles. The van der Waals surface area contributed by atoms with Crippen LogP contribution in [-0.2, 0) is 10.0 Å². The lowest BCUT2D eigenvalue weighted by atomic mass is 10.4. The number of halogens is 1. The molecule has 0 bridgehead atoms. The third-order valence-electron chi connectivity index (χ3n) is 2.34. The number of aromatic carboxylic acids is 1. The molecular weight excluding hydrogens is 291 g/mol. The van der Waals surface area contributed by atoms with Gasteiger partial charge in [-0.15, -0.1) is 0 Å². The molecule has 0 radical (unpaired) electrons. The number of aryl methyl sites for hydroxylation is 1. The Morgan fingerprint density at radius 1 is 1.45 bits per heavy atom. The fraction of sp³-hybridized carbons (Fsp3) is 0.0909. The van der Waals surface area contributed by atoms with Crippen LogP contribution in [0.2, 0.25) is 0 Å². The highest BCUT2D eigenvalue weighted by Gasteiger charge is 2.24. The molecule has 0 spiro atoms. The van der Waals surface area contributed by atoms with E-state index in [4.69, 9.17) is 9.52 Å². The number of hydrogen-bond acceptors (Lipinski definition) is 5. The van der Waals surface area contributed by atoms with E-state index in [1.54, 1.807) is 0 Å². The Kier molecular flexibility index (Phi) is 3.45. The summed E-state index contributed by atoms with van der Waals surface area (Å²) in [5.74, 6) is -2.65. The molecule has 7 nitrogen and oxygen atoms in total. The molecule has 2 rings (SSSR count). The minimum absolute atomic E-state index is 0.0722. The number of carboxylic acids is 1. The predicted octanol–water partition coefficient (Wildman–Crippen LogP) is 1.62. The molecule has 0 saturated carbocycles. The van der Waals surface area contributed by atoms with E-state index in [1.807, 2.05) is 0 Å². The minimum Gasteiger partial charge on any atom is -0.475 e. The summed E-state index contributed by atoms with van der Waals surface area (Å²) >= 11 is 0. The van der Waals surface area contributed by atoms with Gasteiger partial charge in [0, 0.05) is 6.07 Å². The number of furan rings is 1. The standard InChI is InChI=1S/C11H9FN2O5S/c1-6-9(4-8(19-6)11(15)16)20(17,18)14-10-3-2-7(12)5-13-10/h2-5H,1H3,(H,13,14)(H,15,16). The number of pyridine rings is 1. The quantitative estimate of drug-likeness (QED) is 0.888. The van der Waals surface area contributed by atoms with E-state index in [9.17, 15) is 17.6 Å². The van der Waals surface area contributed by atoms with Crippen LogP contribution in [0.15, 0.2) is 33.7 Å². The summed E-state index contributed by atoms with van der Waals surface area (Å²) in [6.45, 7) is 1.32. The van der Waals surface area contributed by atoms with Crippen molar-refractivity contribution in [3.8, 4) is 0 Å². The van der Waals surface area contributed by atoms with Gasteiger partial charge in [0.05, 0.1) is 6.20 Å². The van der Waals surface area contributed by atoms with Crippen molar-refractivity contribution >= 4 is 21.8 Å². The van der Waals surface area contributed by atoms with Crippen molar-refractivity contribution < 1.29 is 27.1 Å². The van der Waals surface area contributed by atoms with Crippen molar-refractivity contribution in [1.82, 2.24) is 4.98 Å². The molecule has 0 unspecified atom stereocenters. The van der Waals surface area contributed by atoms with Crippen molar-refractivity contribution in [3.05, 3.63) is 41.7 Å². The SMILES string of the molecule is Cc1oc(C(=O)O)cc1S(=O)(=O)Nc1ccc(F)cn1. The number of aromatic nitrogens is 1. The number of hydrogen-bond donors (Lipinski definition) is 2. The first-order chi connectivity index (χ1) is 9.29. The molecule has 2 aromatic rings. The number of carbonyl (C=O) groups is 1. The Bertz CT molecular complexity index is 752. The number of sulfonamides is 1. The summed E-state index contributed by atoms with van der Waals surface area (Å²) < 4.78 is 43.7. The van der Waals surface area contributed by atoms with Crippen LogP contribution in [0, 0.1) is 12.7 Å². The van der Waals surface area contributed by atoms with Gasteiger partial charge in [-0.05, 0) is 19.1 Å². The van der Waals surface area contributed by atoms with Crippen LogP contribution in [0.5, 0.6) is 0 Å². The molecule has 0 saturated heterocycles. The number of anilines is 1. The third kappa shape index (κ3) is 2.77. The van der Waals surface area contributed by atoms with Gasteiger partial charge < -0.3 is 9.52 Å². The molecule has 0 fully saturated rings. The highest BCUT2D eigenvalue weighted by molar-refractivity contribution is 7.92. The van der Waals surface area contributed by atoms with Gasteiger partial charge >= 0.3 is 5.97 Å². The maximum absolute atomic E-state index is 12.7. The zero-order chi connectivity index (χ0) is 14.9. The smallest absolute Gasteiger partial charge is 0.371 e. The second-order valence-electron chi connectivity index (χ2n) is 3.80. The Morgan fingerprint density at radius 2 is 2.15 bits per heavy atom. The lowest BCUT2D eigenvalue weighted by molar-refractivity contribution is 0.0661. The first kappa shape index (κ1) is 14.0. The lowest BCUT2D eigenvalue weighted by Crippen LogP contribution is -2.14. The summed E-state index contributed by atoms with van der Waals surface area (Å²) in [5, 5.41) is 8.75. The summed E-state index contributed by atoms with van der Waals surface area (Å²) in [7, 11) is -4.06. The van der Waals surface area contributed by atoms with Gasteiger partial charge in [-0.3, -0.25) is 4.72 Å². The average molecular weight is 300 g/mol. The van der Waals surface area contributed by atoms with Crippen molar-refractivity contribution in [3.63, 3.8) is 0 Å². The molecule has 0 aliphatic heterocycles. The lowest BCUT2D eigenvalue weighted by Gasteiger charge is -2.05. The molecule has 2 N–H and O–H groups in total. The zero-order valence-electron chi connectivity index (χ0n) is 10.1.